The number of anilines is 1. The summed E-state index contributed by atoms with van der Waals surface area (Å²) >= 11 is 5.84. The molecule has 0 aliphatic carbocycles. The van der Waals surface area contributed by atoms with Gasteiger partial charge in [-0.2, -0.15) is 0 Å². The van der Waals surface area contributed by atoms with Gasteiger partial charge in [0.05, 0.1) is 10.6 Å². The summed E-state index contributed by atoms with van der Waals surface area (Å²) in [4.78, 5) is 3.95. The van der Waals surface area contributed by atoms with Gasteiger partial charge in [-0.25, -0.2) is 4.98 Å². The lowest BCUT2D eigenvalue weighted by molar-refractivity contribution is 0.000500. The van der Waals surface area contributed by atoms with Crippen molar-refractivity contribution in [1.29, 1.82) is 0 Å². The molecule has 2 unspecified atom stereocenters. The molecule has 1 aromatic heterocycles. The highest BCUT2D eigenvalue weighted by molar-refractivity contribution is 6.30. The Morgan fingerprint density at radius 2 is 2.27 bits per heavy atom. The normalized spacial score (nSPS) is 17.1. The molecule has 0 aliphatic rings. The molecule has 3 N–H and O–H groups in total. The third-order valence-electron chi connectivity index (χ3n) is 3.00. The molecule has 0 saturated heterocycles. The fraction of sp³-hybridized carbons (Fsp3) is 0.545. The Balaban J connectivity index is 3.19. The van der Waals surface area contributed by atoms with E-state index in [9.17, 15) is 5.11 Å². The number of aromatic nitrogens is 1. The van der Waals surface area contributed by atoms with Crippen LogP contribution < -0.4 is 5.73 Å². The molecule has 0 saturated carbocycles. The molecule has 3 nitrogen and oxygen atoms in total. The van der Waals surface area contributed by atoms with Crippen LogP contribution in [0.2, 0.25) is 5.02 Å². The third-order valence-corrected chi connectivity index (χ3v) is 3.21. The molecule has 0 aliphatic heterocycles. The van der Waals surface area contributed by atoms with Crippen LogP contribution in [0.5, 0.6) is 0 Å². The van der Waals surface area contributed by atoms with E-state index in [0.717, 1.165) is 6.42 Å². The summed E-state index contributed by atoms with van der Waals surface area (Å²) in [6.07, 6.45) is 2.34. The molecule has 1 rings (SSSR count). The van der Waals surface area contributed by atoms with Gasteiger partial charge in [0.1, 0.15) is 5.82 Å². The molecule has 2 atom stereocenters. The third kappa shape index (κ3) is 2.41. The predicted molar refractivity (Wildman–Crippen MR) is 62.7 cm³/mol. The average molecular weight is 229 g/mol. The standard InChI is InChI=1S/C11H17ClN2O/c1-4-7(2)11(3,15)9-5-8(12)6-14-10(9)13/h5-7,15H,4H2,1-3H3,(H2,13,14). The summed E-state index contributed by atoms with van der Waals surface area (Å²) in [6.45, 7) is 5.73. The minimum absolute atomic E-state index is 0.0973. The number of rotatable bonds is 3. The van der Waals surface area contributed by atoms with E-state index in [-0.39, 0.29) is 5.92 Å². The maximum atomic E-state index is 10.4. The van der Waals surface area contributed by atoms with E-state index in [1.165, 1.54) is 6.20 Å². The number of halogens is 1. The second kappa shape index (κ2) is 4.37. The van der Waals surface area contributed by atoms with E-state index >= 15 is 0 Å². The lowest BCUT2D eigenvalue weighted by Crippen LogP contribution is -2.30. The van der Waals surface area contributed by atoms with Gasteiger partial charge in [0.15, 0.2) is 0 Å². The van der Waals surface area contributed by atoms with Gasteiger partial charge in [0.2, 0.25) is 0 Å². The molecule has 1 heterocycles. The van der Waals surface area contributed by atoms with Crippen molar-refractivity contribution in [3.63, 3.8) is 0 Å². The summed E-state index contributed by atoms with van der Waals surface area (Å²) in [5, 5.41) is 10.9. The Bertz CT molecular complexity index is 352. The fourth-order valence-electron chi connectivity index (χ4n) is 1.52. The highest BCUT2D eigenvalue weighted by Crippen LogP contribution is 2.34. The maximum Gasteiger partial charge on any atom is 0.129 e. The van der Waals surface area contributed by atoms with Gasteiger partial charge in [0, 0.05) is 11.8 Å². The van der Waals surface area contributed by atoms with Crippen molar-refractivity contribution < 1.29 is 5.11 Å². The summed E-state index contributed by atoms with van der Waals surface area (Å²) in [5.74, 6) is 0.435. The Hall–Kier alpha value is -0.800. The predicted octanol–water partition coefficient (Wildman–Crippen LogP) is 2.57. The van der Waals surface area contributed by atoms with Crippen LogP contribution >= 0.6 is 11.6 Å². The molecule has 0 spiro atoms. The van der Waals surface area contributed by atoms with E-state index in [1.807, 2.05) is 13.8 Å². The van der Waals surface area contributed by atoms with Crippen LogP contribution in [-0.4, -0.2) is 10.1 Å². The van der Waals surface area contributed by atoms with Crippen LogP contribution in [0.25, 0.3) is 0 Å². The Morgan fingerprint density at radius 1 is 1.67 bits per heavy atom. The second-order valence-electron chi connectivity index (χ2n) is 4.04. The summed E-state index contributed by atoms with van der Waals surface area (Å²) in [7, 11) is 0. The highest BCUT2D eigenvalue weighted by atomic mass is 35.5. The molecule has 84 valence electrons. The zero-order valence-electron chi connectivity index (χ0n) is 9.29. The lowest BCUT2D eigenvalue weighted by atomic mass is 9.83. The topological polar surface area (TPSA) is 59.1 Å². The van der Waals surface area contributed by atoms with Gasteiger partial charge in [-0.3, -0.25) is 0 Å². The maximum absolute atomic E-state index is 10.4. The first kappa shape index (κ1) is 12.3. The first-order valence-corrected chi connectivity index (χ1v) is 5.41. The van der Waals surface area contributed by atoms with Crippen molar-refractivity contribution in [2.24, 2.45) is 5.92 Å². The van der Waals surface area contributed by atoms with Crippen molar-refractivity contribution in [3.8, 4) is 0 Å². The van der Waals surface area contributed by atoms with Crippen molar-refractivity contribution >= 4 is 17.4 Å². The van der Waals surface area contributed by atoms with E-state index in [0.29, 0.717) is 16.4 Å². The number of nitrogens with two attached hydrogens (primary N) is 1. The minimum atomic E-state index is -0.989. The van der Waals surface area contributed by atoms with Crippen molar-refractivity contribution in [2.75, 3.05) is 5.73 Å². The monoisotopic (exact) mass is 228 g/mol. The molecule has 4 heteroatoms. The molecule has 0 bridgehead atoms. The minimum Gasteiger partial charge on any atom is -0.385 e. The van der Waals surface area contributed by atoms with Crippen molar-refractivity contribution in [2.45, 2.75) is 32.8 Å². The van der Waals surface area contributed by atoms with Gasteiger partial charge in [-0.15, -0.1) is 0 Å². The molecule has 15 heavy (non-hydrogen) atoms. The molecule has 0 aromatic carbocycles. The van der Waals surface area contributed by atoms with Gasteiger partial charge in [-0.1, -0.05) is 31.9 Å². The second-order valence-corrected chi connectivity index (χ2v) is 4.48. The van der Waals surface area contributed by atoms with E-state index in [4.69, 9.17) is 17.3 Å². The Kier molecular flexibility index (Phi) is 3.58. The number of aliphatic hydroxyl groups is 1. The smallest absolute Gasteiger partial charge is 0.129 e. The average Bonchev–Trinajstić information content (AvgIpc) is 2.20. The Labute approximate surface area is 95.3 Å². The quantitative estimate of drug-likeness (QED) is 0.836. The van der Waals surface area contributed by atoms with Crippen LogP contribution in [0.1, 0.15) is 32.8 Å². The molecule has 0 fully saturated rings. The molecular weight excluding hydrogens is 212 g/mol. The van der Waals surface area contributed by atoms with E-state index in [1.54, 1.807) is 13.0 Å². The van der Waals surface area contributed by atoms with Gasteiger partial charge < -0.3 is 10.8 Å². The van der Waals surface area contributed by atoms with Crippen LogP contribution in [0.15, 0.2) is 12.3 Å². The number of hydrogen-bond acceptors (Lipinski definition) is 3. The zero-order chi connectivity index (χ0) is 11.6. The Morgan fingerprint density at radius 3 is 2.80 bits per heavy atom. The molecule has 1 aromatic rings. The van der Waals surface area contributed by atoms with E-state index in [2.05, 4.69) is 4.98 Å². The van der Waals surface area contributed by atoms with Crippen LogP contribution in [0.3, 0.4) is 0 Å². The number of hydrogen-bond donors (Lipinski definition) is 2. The molecule has 0 amide bonds. The summed E-state index contributed by atoms with van der Waals surface area (Å²) in [6, 6.07) is 1.68. The largest absolute Gasteiger partial charge is 0.385 e. The zero-order valence-corrected chi connectivity index (χ0v) is 10.0. The summed E-state index contributed by atoms with van der Waals surface area (Å²) in [5.41, 5.74) is 5.35. The van der Waals surface area contributed by atoms with Crippen LogP contribution in [0.4, 0.5) is 5.82 Å². The summed E-state index contributed by atoms with van der Waals surface area (Å²) < 4.78 is 0. The first-order chi connectivity index (χ1) is 6.89. The fourth-order valence-corrected chi connectivity index (χ4v) is 1.68. The molecule has 0 radical (unpaired) electrons. The number of nitrogens with zero attached hydrogens (tertiary/aromatic N) is 1. The van der Waals surface area contributed by atoms with Crippen LogP contribution in [0, 0.1) is 5.92 Å². The van der Waals surface area contributed by atoms with Crippen LogP contribution in [-0.2, 0) is 5.60 Å². The number of pyridine rings is 1. The number of nitrogen functional groups attached to an aromatic ring is 1. The van der Waals surface area contributed by atoms with Crippen molar-refractivity contribution in [1.82, 2.24) is 4.98 Å². The van der Waals surface area contributed by atoms with Gasteiger partial charge in [0.25, 0.3) is 0 Å². The lowest BCUT2D eigenvalue weighted by Gasteiger charge is -2.30. The first-order valence-electron chi connectivity index (χ1n) is 5.03. The highest BCUT2D eigenvalue weighted by Gasteiger charge is 2.31. The molecular formula is C11H17ClN2O. The van der Waals surface area contributed by atoms with Crippen molar-refractivity contribution in [3.05, 3.63) is 22.8 Å². The van der Waals surface area contributed by atoms with Gasteiger partial charge in [-0.05, 0) is 18.9 Å². The SMILES string of the molecule is CCC(C)C(C)(O)c1cc(Cl)cnc1N. The van der Waals surface area contributed by atoms with Gasteiger partial charge >= 0.3 is 0 Å². The van der Waals surface area contributed by atoms with E-state index < -0.39 is 5.60 Å².